The average molecular weight is 271 g/mol. The van der Waals surface area contributed by atoms with Gasteiger partial charge in [-0.05, 0) is 19.9 Å². The summed E-state index contributed by atoms with van der Waals surface area (Å²) in [6.45, 7) is 0. The van der Waals surface area contributed by atoms with Crippen LogP contribution in [0.25, 0.3) is 0 Å². The lowest BCUT2D eigenvalue weighted by Gasteiger charge is -2.12. The van der Waals surface area contributed by atoms with Crippen LogP contribution in [0.1, 0.15) is 19.3 Å². The molecule has 3 heteroatoms. The highest BCUT2D eigenvalue weighted by Gasteiger charge is 2.24. The highest BCUT2D eigenvalue weighted by atomic mass is 127. The SMILES string of the molecule is CNCSC1CCCC1I. The zero-order valence-electron chi connectivity index (χ0n) is 6.27. The normalized spacial score (nSPS) is 33.0. The van der Waals surface area contributed by atoms with Crippen LogP contribution >= 0.6 is 34.4 Å². The fourth-order valence-corrected chi connectivity index (χ4v) is 3.74. The van der Waals surface area contributed by atoms with Crippen molar-refractivity contribution in [3.8, 4) is 0 Å². The first-order chi connectivity index (χ1) is 4.84. The second-order valence-corrected chi connectivity index (χ2v) is 5.48. The second-order valence-electron chi connectivity index (χ2n) is 2.65. The summed E-state index contributed by atoms with van der Waals surface area (Å²) in [5.74, 6) is 1.12. The molecule has 2 atom stereocenters. The van der Waals surface area contributed by atoms with Crippen molar-refractivity contribution in [2.75, 3.05) is 12.9 Å². The summed E-state index contributed by atoms with van der Waals surface area (Å²) in [6, 6.07) is 0. The lowest BCUT2D eigenvalue weighted by Crippen LogP contribution is -2.14. The van der Waals surface area contributed by atoms with Gasteiger partial charge in [-0.25, -0.2) is 0 Å². The summed E-state index contributed by atoms with van der Waals surface area (Å²) in [7, 11) is 2.02. The minimum Gasteiger partial charge on any atom is -0.311 e. The van der Waals surface area contributed by atoms with Crippen LogP contribution in [-0.2, 0) is 0 Å². The van der Waals surface area contributed by atoms with Gasteiger partial charge in [-0.1, -0.05) is 29.0 Å². The Morgan fingerprint density at radius 3 is 2.90 bits per heavy atom. The standard InChI is InChI=1S/C7H14INS/c1-9-5-10-7-4-2-3-6(7)8/h6-7,9H,2-5H2,1H3. The molecule has 60 valence electrons. The molecular weight excluding hydrogens is 257 g/mol. The van der Waals surface area contributed by atoms with E-state index in [1.807, 2.05) is 7.05 Å². The highest BCUT2D eigenvalue weighted by molar-refractivity contribution is 14.1. The predicted octanol–water partition coefficient (Wildman–Crippen LogP) is 2.25. The zero-order valence-corrected chi connectivity index (χ0v) is 9.24. The van der Waals surface area contributed by atoms with Crippen LogP contribution in [0, 0.1) is 0 Å². The van der Waals surface area contributed by atoms with Crippen LogP contribution in [0.15, 0.2) is 0 Å². The Labute approximate surface area is 80.9 Å². The minimum atomic E-state index is 0.924. The maximum atomic E-state index is 3.17. The Bertz CT molecular complexity index is 99.6. The van der Waals surface area contributed by atoms with E-state index in [-0.39, 0.29) is 0 Å². The Hall–Kier alpha value is 1.04. The highest BCUT2D eigenvalue weighted by Crippen LogP contribution is 2.34. The third-order valence-electron chi connectivity index (χ3n) is 1.81. The number of hydrogen-bond acceptors (Lipinski definition) is 2. The molecule has 1 aliphatic rings. The zero-order chi connectivity index (χ0) is 7.40. The molecule has 10 heavy (non-hydrogen) atoms. The van der Waals surface area contributed by atoms with Gasteiger partial charge in [0.1, 0.15) is 0 Å². The maximum Gasteiger partial charge on any atom is 0.0418 e. The monoisotopic (exact) mass is 271 g/mol. The number of halogens is 1. The van der Waals surface area contributed by atoms with Crippen molar-refractivity contribution in [2.24, 2.45) is 0 Å². The first-order valence-electron chi connectivity index (χ1n) is 3.75. The topological polar surface area (TPSA) is 12.0 Å². The van der Waals surface area contributed by atoms with Gasteiger partial charge >= 0.3 is 0 Å². The Kier molecular flexibility index (Phi) is 4.41. The first-order valence-corrected chi connectivity index (χ1v) is 6.04. The van der Waals surface area contributed by atoms with E-state index >= 15 is 0 Å². The van der Waals surface area contributed by atoms with Crippen molar-refractivity contribution < 1.29 is 0 Å². The van der Waals surface area contributed by atoms with Gasteiger partial charge in [0.25, 0.3) is 0 Å². The molecule has 0 bridgehead atoms. The summed E-state index contributed by atoms with van der Waals surface area (Å²) in [4.78, 5) is 0. The molecular formula is C7H14INS. The van der Waals surface area contributed by atoms with Gasteiger partial charge in [-0.15, -0.1) is 11.8 Å². The van der Waals surface area contributed by atoms with Crippen molar-refractivity contribution in [1.82, 2.24) is 5.32 Å². The van der Waals surface area contributed by atoms with Crippen molar-refractivity contribution in [3.63, 3.8) is 0 Å². The van der Waals surface area contributed by atoms with Gasteiger partial charge in [0.2, 0.25) is 0 Å². The largest absolute Gasteiger partial charge is 0.311 e. The summed E-state index contributed by atoms with van der Waals surface area (Å²) >= 11 is 4.66. The third-order valence-corrected chi connectivity index (χ3v) is 5.24. The first kappa shape index (κ1) is 9.13. The molecule has 0 saturated heterocycles. The van der Waals surface area contributed by atoms with E-state index in [4.69, 9.17) is 0 Å². The summed E-state index contributed by atoms with van der Waals surface area (Å²) in [6.07, 6.45) is 4.30. The molecule has 1 saturated carbocycles. The van der Waals surface area contributed by atoms with Crippen molar-refractivity contribution in [2.45, 2.75) is 28.4 Å². The predicted molar refractivity (Wildman–Crippen MR) is 57.0 cm³/mol. The van der Waals surface area contributed by atoms with Crippen LogP contribution in [0.3, 0.4) is 0 Å². The smallest absolute Gasteiger partial charge is 0.0418 e. The van der Waals surface area contributed by atoms with Crippen LogP contribution in [0.5, 0.6) is 0 Å². The Morgan fingerprint density at radius 1 is 1.60 bits per heavy atom. The molecule has 0 aromatic heterocycles. The average Bonchev–Trinajstić information content (AvgIpc) is 2.31. The quantitative estimate of drug-likeness (QED) is 0.480. The number of alkyl halides is 1. The molecule has 0 spiro atoms. The van der Waals surface area contributed by atoms with Crippen LogP contribution in [0.2, 0.25) is 0 Å². The van der Waals surface area contributed by atoms with E-state index < -0.39 is 0 Å². The molecule has 1 nitrogen and oxygen atoms in total. The van der Waals surface area contributed by atoms with Crippen molar-refractivity contribution in [1.29, 1.82) is 0 Å². The van der Waals surface area contributed by atoms with Crippen molar-refractivity contribution >= 4 is 34.4 Å². The van der Waals surface area contributed by atoms with Crippen LogP contribution in [0.4, 0.5) is 0 Å². The van der Waals surface area contributed by atoms with Crippen LogP contribution in [-0.4, -0.2) is 22.1 Å². The molecule has 0 aromatic rings. The van der Waals surface area contributed by atoms with E-state index in [2.05, 4.69) is 39.7 Å². The Balaban J connectivity index is 2.14. The van der Waals surface area contributed by atoms with Gasteiger partial charge in [0, 0.05) is 15.1 Å². The molecule has 1 rings (SSSR count). The lowest BCUT2D eigenvalue weighted by atomic mass is 10.4. The van der Waals surface area contributed by atoms with E-state index in [1.54, 1.807) is 0 Å². The summed E-state index contributed by atoms with van der Waals surface area (Å²) < 4.78 is 0.927. The van der Waals surface area contributed by atoms with Gasteiger partial charge in [-0.3, -0.25) is 0 Å². The molecule has 0 aromatic carbocycles. The fraction of sp³-hybridized carbons (Fsp3) is 1.00. The Morgan fingerprint density at radius 2 is 2.40 bits per heavy atom. The fourth-order valence-electron chi connectivity index (χ4n) is 1.26. The molecule has 0 radical (unpaired) electrons. The second kappa shape index (κ2) is 4.83. The third kappa shape index (κ3) is 2.58. The van der Waals surface area contributed by atoms with Gasteiger partial charge < -0.3 is 5.32 Å². The minimum absolute atomic E-state index is 0.924. The summed E-state index contributed by atoms with van der Waals surface area (Å²) in [5, 5.41) is 4.10. The lowest BCUT2D eigenvalue weighted by molar-refractivity contribution is 0.888. The van der Waals surface area contributed by atoms with Gasteiger partial charge in [0.15, 0.2) is 0 Å². The van der Waals surface area contributed by atoms with Gasteiger partial charge in [0.05, 0.1) is 0 Å². The van der Waals surface area contributed by atoms with E-state index in [1.165, 1.54) is 19.3 Å². The van der Waals surface area contributed by atoms with E-state index in [0.29, 0.717) is 0 Å². The van der Waals surface area contributed by atoms with E-state index in [9.17, 15) is 0 Å². The molecule has 0 aliphatic heterocycles. The molecule has 1 N–H and O–H groups in total. The number of rotatable bonds is 3. The number of thioether (sulfide) groups is 1. The molecule has 0 heterocycles. The van der Waals surface area contributed by atoms with E-state index in [0.717, 1.165) is 15.1 Å². The molecule has 1 aliphatic carbocycles. The van der Waals surface area contributed by atoms with Gasteiger partial charge in [-0.2, -0.15) is 0 Å². The molecule has 2 unspecified atom stereocenters. The maximum absolute atomic E-state index is 3.17. The molecule has 1 fully saturated rings. The molecule has 0 amide bonds. The van der Waals surface area contributed by atoms with Crippen LogP contribution < -0.4 is 5.32 Å². The number of nitrogens with one attached hydrogen (secondary N) is 1. The summed E-state index contributed by atoms with van der Waals surface area (Å²) in [5.41, 5.74) is 0. The van der Waals surface area contributed by atoms with Crippen molar-refractivity contribution in [3.05, 3.63) is 0 Å². The number of hydrogen-bond donors (Lipinski definition) is 1.